The van der Waals surface area contributed by atoms with Crippen molar-refractivity contribution in [1.29, 1.82) is 0 Å². The van der Waals surface area contributed by atoms with Crippen molar-refractivity contribution < 1.29 is 9.72 Å². The van der Waals surface area contributed by atoms with Gasteiger partial charge in [0.2, 0.25) is 5.95 Å². The molecule has 0 aliphatic heterocycles. The van der Waals surface area contributed by atoms with Crippen molar-refractivity contribution in [3.63, 3.8) is 0 Å². The molecule has 0 unspecified atom stereocenters. The van der Waals surface area contributed by atoms with E-state index in [2.05, 4.69) is 20.4 Å². The summed E-state index contributed by atoms with van der Waals surface area (Å²) in [5, 5.41) is 20.2. The van der Waals surface area contributed by atoms with Crippen molar-refractivity contribution >= 4 is 40.4 Å². The summed E-state index contributed by atoms with van der Waals surface area (Å²) >= 11 is 7.55. The summed E-state index contributed by atoms with van der Waals surface area (Å²) in [5.41, 5.74) is 0.839. The molecule has 0 spiro atoms. The lowest BCUT2D eigenvalue weighted by Crippen LogP contribution is -2.21. The molecule has 3 heterocycles. The van der Waals surface area contributed by atoms with E-state index >= 15 is 0 Å². The first-order valence-electron chi connectivity index (χ1n) is 9.21. The second-order valence-electron chi connectivity index (χ2n) is 6.78. The average molecular weight is 471 g/mol. The molecule has 4 aromatic rings. The minimum atomic E-state index is -0.677. The topological polar surface area (TPSA) is 136 Å². The normalized spacial score (nSPS) is 10.8. The molecule has 0 atom stereocenters. The predicted octanol–water partition coefficient (Wildman–Crippen LogP) is 4.11. The number of hydrogen-bond acceptors (Lipinski definition) is 7. The number of carbonyl (C=O) groups excluding carboxylic acids is 1. The van der Waals surface area contributed by atoms with Crippen LogP contribution in [0.3, 0.4) is 0 Å². The van der Waals surface area contributed by atoms with Crippen LogP contribution in [0.5, 0.6) is 0 Å². The zero-order chi connectivity index (χ0) is 23.0. The highest BCUT2D eigenvalue weighted by Gasteiger charge is 2.20. The van der Waals surface area contributed by atoms with E-state index in [4.69, 9.17) is 11.6 Å². The van der Waals surface area contributed by atoms with E-state index in [-0.39, 0.29) is 33.6 Å². The van der Waals surface area contributed by atoms with Crippen molar-refractivity contribution in [2.24, 2.45) is 0 Å². The van der Waals surface area contributed by atoms with Crippen molar-refractivity contribution in [3.8, 4) is 16.5 Å². The highest BCUT2D eigenvalue weighted by molar-refractivity contribution is 7.13. The van der Waals surface area contributed by atoms with Crippen LogP contribution in [-0.4, -0.2) is 30.6 Å². The Morgan fingerprint density at radius 2 is 2.06 bits per heavy atom. The number of anilines is 1. The molecule has 1 amide bonds. The largest absolute Gasteiger partial charge is 0.306 e. The molecule has 0 aliphatic carbocycles. The van der Waals surface area contributed by atoms with Gasteiger partial charge in [-0.1, -0.05) is 17.7 Å². The Morgan fingerprint density at radius 3 is 2.72 bits per heavy atom. The Morgan fingerprint density at radius 1 is 1.28 bits per heavy atom. The lowest BCUT2D eigenvalue weighted by Gasteiger charge is -2.10. The molecule has 162 valence electrons. The summed E-state index contributed by atoms with van der Waals surface area (Å²) in [7, 11) is 0. The number of rotatable bonds is 5. The molecule has 3 aromatic heterocycles. The fourth-order valence-corrected chi connectivity index (χ4v) is 3.78. The van der Waals surface area contributed by atoms with E-state index in [0.29, 0.717) is 17.0 Å². The lowest BCUT2D eigenvalue weighted by atomic mass is 10.2. The van der Waals surface area contributed by atoms with E-state index in [0.717, 1.165) is 10.9 Å². The fourth-order valence-electron chi connectivity index (χ4n) is 2.89. The maximum Gasteiger partial charge on any atom is 0.270 e. The number of aromatic amines is 1. The second-order valence-corrected chi connectivity index (χ2v) is 8.13. The first kappa shape index (κ1) is 21.4. The standard InChI is InChI=1S/C20H15ClN6O4S/c1-10-11(2)22-20(24-18(10)28)26-17(9-15(25-26)16-4-3-7-32-16)23-19(29)13-8-12(27(30)31)5-6-14(13)21/h3-9H,1-2H3,(H,23,29)(H,22,24,28). The van der Waals surface area contributed by atoms with Gasteiger partial charge in [0, 0.05) is 29.5 Å². The van der Waals surface area contributed by atoms with E-state index < -0.39 is 10.8 Å². The number of nitrogens with one attached hydrogen (secondary N) is 2. The molecule has 0 aliphatic rings. The fraction of sp³-hybridized carbons (Fsp3) is 0.100. The highest BCUT2D eigenvalue weighted by atomic mass is 35.5. The van der Waals surface area contributed by atoms with Crippen molar-refractivity contribution in [2.45, 2.75) is 13.8 Å². The molecule has 4 rings (SSSR count). The number of H-pyrrole nitrogens is 1. The first-order chi connectivity index (χ1) is 15.2. The van der Waals surface area contributed by atoms with Gasteiger partial charge in [0.15, 0.2) is 0 Å². The summed E-state index contributed by atoms with van der Waals surface area (Å²) in [6, 6.07) is 8.92. The summed E-state index contributed by atoms with van der Waals surface area (Å²) in [6.07, 6.45) is 0. The molecular formula is C20H15ClN6O4S. The third-order valence-corrected chi connectivity index (χ3v) is 5.93. The number of nitro benzene ring substituents is 1. The smallest absolute Gasteiger partial charge is 0.270 e. The van der Waals surface area contributed by atoms with Crippen LogP contribution in [0.4, 0.5) is 11.5 Å². The van der Waals surface area contributed by atoms with Crippen LogP contribution >= 0.6 is 22.9 Å². The third-order valence-electron chi connectivity index (χ3n) is 4.71. The van der Waals surface area contributed by atoms with Crippen molar-refractivity contribution in [2.75, 3.05) is 5.32 Å². The number of nitro groups is 1. The van der Waals surface area contributed by atoms with E-state index in [1.165, 1.54) is 28.2 Å². The molecule has 2 N–H and O–H groups in total. The van der Waals surface area contributed by atoms with Crippen LogP contribution in [0.15, 0.2) is 46.6 Å². The van der Waals surface area contributed by atoms with Gasteiger partial charge in [-0.3, -0.25) is 24.7 Å². The van der Waals surface area contributed by atoms with Crippen molar-refractivity contribution in [1.82, 2.24) is 19.7 Å². The monoisotopic (exact) mass is 470 g/mol. The number of benzene rings is 1. The van der Waals surface area contributed by atoms with Gasteiger partial charge in [0.05, 0.1) is 20.4 Å². The summed E-state index contributed by atoms with van der Waals surface area (Å²) in [6.45, 7) is 3.34. The zero-order valence-electron chi connectivity index (χ0n) is 16.7. The van der Waals surface area contributed by atoms with Gasteiger partial charge in [-0.05, 0) is 31.4 Å². The van der Waals surface area contributed by atoms with E-state index in [9.17, 15) is 19.7 Å². The average Bonchev–Trinajstić information content (AvgIpc) is 3.41. The van der Waals surface area contributed by atoms with Gasteiger partial charge < -0.3 is 5.32 Å². The molecule has 32 heavy (non-hydrogen) atoms. The SMILES string of the molecule is Cc1nc(-n2nc(-c3cccs3)cc2NC(=O)c2cc([N+](=O)[O-])ccc2Cl)[nH]c(=O)c1C. The molecule has 10 nitrogen and oxygen atoms in total. The molecule has 0 bridgehead atoms. The number of hydrogen-bond donors (Lipinski definition) is 2. The minimum absolute atomic E-state index is 0.0513. The summed E-state index contributed by atoms with van der Waals surface area (Å²) in [4.78, 5) is 43.5. The van der Waals surface area contributed by atoms with Crippen LogP contribution in [0.25, 0.3) is 16.5 Å². The minimum Gasteiger partial charge on any atom is -0.306 e. The first-order valence-corrected chi connectivity index (χ1v) is 10.5. The Kier molecular flexibility index (Phi) is 5.59. The number of amides is 1. The number of halogens is 1. The number of aryl methyl sites for hydroxylation is 1. The Bertz CT molecular complexity index is 1410. The number of carbonyl (C=O) groups is 1. The quantitative estimate of drug-likeness (QED) is 0.332. The number of non-ortho nitro benzene ring substituents is 1. The van der Waals surface area contributed by atoms with Crippen molar-refractivity contribution in [3.05, 3.63) is 84.1 Å². The predicted molar refractivity (Wildman–Crippen MR) is 121 cm³/mol. The number of aromatic nitrogens is 4. The molecule has 0 saturated heterocycles. The Labute approximate surface area is 189 Å². The Hall–Kier alpha value is -3.83. The molecule has 0 radical (unpaired) electrons. The zero-order valence-corrected chi connectivity index (χ0v) is 18.3. The molecule has 1 aromatic carbocycles. The Balaban J connectivity index is 1.80. The van der Waals surface area contributed by atoms with Gasteiger partial charge >= 0.3 is 0 Å². The van der Waals surface area contributed by atoms with Gasteiger partial charge in [-0.2, -0.15) is 9.78 Å². The van der Waals surface area contributed by atoms with Gasteiger partial charge in [-0.25, -0.2) is 4.98 Å². The molecule has 12 heteroatoms. The van der Waals surface area contributed by atoms with E-state index in [1.807, 2.05) is 17.5 Å². The van der Waals surface area contributed by atoms with Gasteiger partial charge in [0.25, 0.3) is 17.2 Å². The number of nitrogens with zero attached hydrogens (tertiary/aromatic N) is 4. The lowest BCUT2D eigenvalue weighted by molar-refractivity contribution is -0.384. The van der Waals surface area contributed by atoms with E-state index in [1.54, 1.807) is 19.9 Å². The highest BCUT2D eigenvalue weighted by Crippen LogP contribution is 2.28. The maximum absolute atomic E-state index is 12.9. The van der Waals surface area contributed by atoms with Crippen LogP contribution in [0.2, 0.25) is 5.02 Å². The summed E-state index contributed by atoms with van der Waals surface area (Å²) in [5.74, 6) is -0.363. The second kappa shape index (κ2) is 8.36. The van der Waals surface area contributed by atoms with Crippen LogP contribution in [0.1, 0.15) is 21.6 Å². The van der Waals surface area contributed by atoms with Crippen LogP contribution < -0.4 is 10.9 Å². The van der Waals surface area contributed by atoms with Gasteiger partial charge in [-0.15, -0.1) is 11.3 Å². The molecular weight excluding hydrogens is 456 g/mol. The molecule has 0 saturated carbocycles. The number of thiophene rings is 1. The van der Waals surface area contributed by atoms with Gasteiger partial charge in [0.1, 0.15) is 11.5 Å². The summed E-state index contributed by atoms with van der Waals surface area (Å²) < 4.78 is 1.30. The maximum atomic E-state index is 12.9. The van der Waals surface area contributed by atoms with Crippen LogP contribution in [-0.2, 0) is 0 Å². The molecule has 0 fully saturated rings. The third kappa shape index (κ3) is 4.03. The van der Waals surface area contributed by atoms with Crippen LogP contribution in [0, 0.1) is 24.0 Å².